The van der Waals surface area contributed by atoms with Crippen LogP contribution < -0.4 is 0 Å². The van der Waals surface area contributed by atoms with Gasteiger partial charge in [0.1, 0.15) is 0 Å². The maximum atomic E-state index is 10.5. The fourth-order valence-corrected chi connectivity index (χ4v) is 2.02. The maximum Gasteiger partial charge on any atom is 0.0883 e. The highest BCUT2D eigenvalue weighted by atomic mass is 35.5. The third-order valence-electron chi connectivity index (χ3n) is 3.22. The summed E-state index contributed by atoms with van der Waals surface area (Å²) in [7, 11) is 1.68. The first-order valence-corrected chi connectivity index (χ1v) is 6.19. The number of aliphatic hydroxyl groups is 1. The molecule has 2 nitrogen and oxygen atoms in total. The zero-order valence-electron chi connectivity index (χ0n) is 11.0. The Balaban J connectivity index is 2.79. The van der Waals surface area contributed by atoms with Gasteiger partial charge in [-0.25, -0.2) is 0 Å². The Kier molecular flexibility index (Phi) is 4.59. The summed E-state index contributed by atoms with van der Waals surface area (Å²) in [4.78, 5) is 0. The minimum absolute atomic E-state index is 0.231. The van der Waals surface area contributed by atoms with E-state index in [1.807, 2.05) is 32.0 Å². The molecule has 3 heteroatoms. The lowest BCUT2D eigenvalue weighted by Gasteiger charge is -2.30. The Morgan fingerprint density at radius 3 is 2.29 bits per heavy atom. The molecule has 1 atom stereocenters. The molecular weight excluding hydrogens is 236 g/mol. The molecule has 0 aliphatic heterocycles. The van der Waals surface area contributed by atoms with Gasteiger partial charge in [-0.05, 0) is 39.7 Å². The molecule has 0 radical (unpaired) electrons. The van der Waals surface area contributed by atoms with Crippen LogP contribution in [0, 0.1) is 0 Å². The molecule has 0 aromatic heterocycles. The van der Waals surface area contributed by atoms with Crippen LogP contribution in [0.3, 0.4) is 0 Å². The lowest BCUT2D eigenvalue weighted by Crippen LogP contribution is -2.29. The van der Waals surface area contributed by atoms with Gasteiger partial charge in [0.2, 0.25) is 0 Å². The number of hydrogen-bond donors (Lipinski definition) is 1. The summed E-state index contributed by atoms with van der Waals surface area (Å²) in [6.45, 7) is 5.81. The van der Waals surface area contributed by atoms with Crippen molar-refractivity contribution in [2.24, 2.45) is 0 Å². The summed E-state index contributed by atoms with van der Waals surface area (Å²) >= 11 is 6.10. The molecule has 1 aromatic rings. The molecule has 1 N–H and O–H groups in total. The summed E-state index contributed by atoms with van der Waals surface area (Å²) in [5, 5.41) is 11.1. The largest absolute Gasteiger partial charge is 0.385 e. The second-order valence-corrected chi connectivity index (χ2v) is 5.62. The first-order chi connectivity index (χ1) is 7.78. The molecule has 96 valence electrons. The monoisotopic (exact) mass is 256 g/mol. The highest BCUT2D eigenvalue weighted by molar-refractivity contribution is 6.31. The van der Waals surface area contributed by atoms with E-state index in [-0.39, 0.29) is 5.60 Å². The third-order valence-corrected chi connectivity index (χ3v) is 3.55. The molecule has 0 bridgehead atoms. The predicted molar refractivity (Wildman–Crippen MR) is 71.3 cm³/mol. The highest BCUT2D eigenvalue weighted by Crippen LogP contribution is 2.33. The molecule has 0 saturated heterocycles. The van der Waals surface area contributed by atoms with Crippen LogP contribution in [0.15, 0.2) is 24.3 Å². The van der Waals surface area contributed by atoms with Gasteiger partial charge in [-0.2, -0.15) is 0 Å². The van der Waals surface area contributed by atoms with E-state index in [0.29, 0.717) is 11.4 Å². The first kappa shape index (κ1) is 14.5. The van der Waals surface area contributed by atoms with Crippen LogP contribution in [0.4, 0.5) is 0 Å². The Bertz CT molecular complexity index is 372. The van der Waals surface area contributed by atoms with Gasteiger partial charge in [0, 0.05) is 17.7 Å². The number of hydrogen-bond acceptors (Lipinski definition) is 2. The highest BCUT2D eigenvalue weighted by Gasteiger charge is 2.28. The van der Waals surface area contributed by atoms with Crippen molar-refractivity contribution in [3.63, 3.8) is 0 Å². The Morgan fingerprint density at radius 1 is 1.18 bits per heavy atom. The molecule has 0 spiro atoms. The van der Waals surface area contributed by atoms with Crippen molar-refractivity contribution in [1.82, 2.24) is 0 Å². The van der Waals surface area contributed by atoms with Gasteiger partial charge in [-0.3, -0.25) is 0 Å². The first-order valence-electron chi connectivity index (χ1n) is 5.81. The normalized spacial score (nSPS) is 15.6. The second kappa shape index (κ2) is 5.38. The van der Waals surface area contributed by atoms with Crippen molar-refractivity contribution in [3.05, 3.63) is 34.9 Å². The summed E-state index contributed by atoms with van der Waals surface area (Å²) in [5.74, 6) is 0. The van der Waals surface area contributed by atoms with E-state index < -0.39 is 5.60 Å². The standard InChI is InChI=1S/C14H21ClO2/c1-13(2,17-4)9-10-14(3,16)11-7-5-6-8-12(11)15/h5-8,16H,9-10H2,1-4H3. The van der Waals surface area contributed by atoms with Crippen molar-refractivity contribution >= 4 is 11.6 Å². The lowest BCUT2D eigenvalue weighted by atomic mass is 9.87. The lowest BCUT2D eigenvalue weighted by molar-refractivity contribution is -0.0210. The molecular formula is C14H21ClO2. The summed E-state index contributed by atoms with van der Waals surface area (Å²) in [5.41, 5.74) is -0.382. The minimum atomic E-state index is -0.922. The number of ether oxygens (including phenoxy) is 1. The van der Waals surface area contributed by atoms with Gasteiger partial charge in [0.15, 0.2) is 0 Å². The van der Waals surface area contributed by atoms with Crippen LogP contribution in [0.5, 0.6) is 0 Å². The number of benzene rings is 1. The molecule has 0 fully saturated rings. The number of halogens is 1. The molecule has 0 saturated carbocycles. The Labute approximate surface area is 109 Å². The van der Waals surface area contributed by atoms with Crippen molar-refractivity contribution in [2.75, 3.05) is 7.11 Å². The van der Waals surface area contributed by atoms with E-state index in [4.69, 9.17) is 16.3 Å². The average Bonchev–Trinajstić information content (AvgIpc) is 2.27. The Hall–Kier alpha value is -0.570. The molecule has 0 aliphatic carbocycles. The van der Waals surface area contributed by atoms with Gasteiger partial charge in [0.05, 0.1) is 11.2 Å². The SMILES string of the molecule is COC(C)(C)CCC(C)(O)c1ccccc1Cl. The Morgan fingerprint density at radius 2 is 1.76 bits per heavy atom. The average molecular weight is 257 g/mol. The van der Waals surface area contributed by atoms with Crippen LogP contribution in [0.2, 0.25) is 5.02 Å². The van der Waals surface area contributed by atoms with E-state index in [0.717, 1.165) is 12.0 Å². The van der Waals surface area contributed by atoms with Gasteiger partial charge >= 0.3 is 0 Å². The van der Waals surface area contributed by atoms with E-state index in [1.165, 1.54) is 0 Å². The zero-order chi connectivity index (χ0) is 13.1. The summed E-state index contributed by atoms with van der Waals surface area (Å²) in [6.07, 6.45) is 1.37. The van der Waals surface area contributed by atoms with Gasteiger partial charge in [0.25, 0.3) is 0 Å². The van der Waals surface area contributed by atoms with Crippen LogP contribution in [0.25, 0.3) is 0 Å². The fraction of sp³-hybridized carbons (Fsp3) is 0.571. The molecule has 0 heterocycles. The van der Waals surface area contributed by atoms with Crippen molar-refractivity contribution in [1.29, 1.82) is 0 Å². The van der Waals surface area contributed by atoms with E-state index in [2.05, 4.69) is 0 Å². The van der Waals surface area contributed by atoms with Gasteiger partial charge < -0.3 is 9.84 Å². The molecule has 1 aromatic carbocycles. The van der Waals surface area contributed by atoms with E-state index >= 15 is 0 Å². The summed E-state index contributed by atoms with van der Waals surface area (Å²) in [6, 6.07) is 7.41. The maximum absolute atomic E-state index is 10.5. The van der Waals surface area contributed by atoms with Crippen molar-refractivity contribution in [3.8, 4) is 0 Å². The molecule has 0 amide bonds. The molecule has 17 heavy (non-hydrogen) atoms. The topological polar surface area (TPSA) is 29.5 Å². The van der Waals surface area contributed by atoms with Crippen LogP contribution in [-0.2, 0) is 10.3 Å². The fourth-order valence-electron chi connectivity index (χ4n) is 1.68. The molecule has 1 unspecified atom stereocenters. The van der Waals surface area contributed by atoms with Crippen molar-refractivity contribution < 1.29 is 9.84 Å². The predicted octanol–water partition coefficient (Wildman–Crippen LogP) is 3.75. The van der Waals surface area contributed by atoms with Crippen LogP contribution in [0.1, 0.15) is 39.2 Å². The van der Waals surface area contributed by atoms with Crippen LogP contribution >= 0.6 is 11.6 Å². The van der Waals surface area contributed by atoms with Crippen LogP contribution in [-0.4, -0.2) is 17.8 Å². The zero-order valence-corrected chi connectivity index (χ0v) is 11.7. The van der Waals surface area contributed by atoms with Gasteiger partial charge in [-0.15, -0.1) is 0 Å². The van der Waals surface area contributed by atoms with E-state index in [9.17, 15) is 5.11 Å². The second-order valence-electron chi connectivity index (χ2n) is 5.22. The summed E-state index contributed by atoms with van der Waals surface area (Å²) < 4.78 is 5.36. The third kappa shape index (κ3) is 3.98. The number of methoxy groups -OCH3 is 1. The quantitative estimate of drug-likeness (QED) is 0.869. The van der Waals surface area contributed by atoms with E-state index in [1.54, 1.807) is 20.1 Å². The smallest absolute Gasteiger partial charge is 0.0883 e. The molecule has 0 aliphatic rings. The molecule has 1 rings (SSSR count). The number of rotatable bonds is 5. The van der Waals surface area contributed by atoms with Gasteiger partial charge in [-0.1, -0.05) is 29.8 Å². The minimum Gasteiger partial charge on any atom is -0.385 e. The van der Waals surface area contributed by atoms with Crippen molar-refractivity contribution in [2.45, 2.75) is 44.8 Å².